The molecule has 2 aromatic carbocycles. The Labute approximate surface area is 124 Å². The minimum absolute atomic E-state index is 0.217. The van der Waals surface area contributed by atoms with Gasteiger partial charge in [-0.2, -0.15) is 0 Å². The number of nitrogens with two attached hydrogens (primary N) is 1. The fourth-order valence-electron chi connectivity index (χ4n) is 1.99. The second-order valence-corrected chi connectivity index (χ2v) is 5.27. The lowest BCUT2D eigenvalue weighted by atomic mass is 9.99. The molecule has 0 spiro atoms. The van der Waals surface area contributed by atoms with Crippen LogP contribution in [0.2, 0.25) is 0 Å². The molecule has 1 atom stereocenters. The molecule has 0 aliphatic rings. The molecule has 0 radical (unpaired) electrons. The summed E-state index contributed by atoms with van der Waals surface area (Å²) in [5.41, 5.74) is 7.16. The summed E-state index contributed by atoms with van der Waals surface area (Å²) in [5, 5.41) is 0. The first-order valence-corrected chi connectivity index (χ1v) is 6.84. The van der Waals surface area contributed by atoms with Crippen LogP contribution in [0.3, 0.4) is 0 Å². The van der Waals surface area contributed by atoms with Crippen LogP contribution < -0.4 is 10.5 Å². The number of halogens is 3. The maximum Gasteiger partial charge on any atom is 0.162 e. The van der Waals surface area contributed by atoms with Crippen molar-refractivity contribution in [2.75, 3.05) is 7.11 Å². The Morgan fingerprint density at radius 2 is 2.00 bits per heavy atom. The van der Waals surface area contributed by atoms with E-state index in [1.165, 1.54) is 12.1 Å². The van der Waals surface area contributed by atoms with Crippen molar-refractivity contribution < 1.29 is 13.5 Å². The molecule has 2 rings (SSSR count). The van der Waals surface area contributed by atoms with Gasteiger partial charge in [0.1, 0.15) is 5.75 Å². The third-order valence-corrected chi connectivity index (χ3v) is 3.77. The highest BCUT2D eigenvalue weighted by Crippen LogP contribution is 2.29. The number of rotatable bonds is 4. The summed E-state index contributed by atoms with van der Waals surface area (Å²) in [4.78, 5) is 0. The predicted octanol–water partition coefficient (Wildman–Crippen LogP) is 3.98. The van der Waals surface area contributed by atoms with Gasteiger partial charge in [0.2, 0.25) is 0 Å². The Balaban J connectivity index is 2.24. The highest BCUT2D eigenvalue weighted by molar-refractivity contribution is 9.10. The van der Waals surface area contributed by atoms with Gasteiger partial charge in [-0.15, -0.1) is 0 Å². The number of hydrogen-bond acceptors (Lipinski definition) is 2. The summed E-state index contributed by atoms with van der Waals surface area (Å²) >= 11 is 3.41. The Kier molecular flexibility index (Phi) is 4.73. The van der Waals surface area contributed by atoms with Crippen molar-refractivity contribution in [3.8, 4) is 5.75 Å². The SMILES string of the molecule is COc1ccc(C(N)Cc2cccc(F)c2F)c(Br)c1. The predicted molar refractivity (Wildman–Crippen MR) is 77.7 cm³/mol. The molecule has 0 saturated heterocycles. The normalized spacial score (nSPS) is 12.2. The molecule has 0 aliphatic carbocycles. The number of hydrogen-bond donors (Lipinski definition) is 1. The van der Waals surface area contributed by atoms with Crippen LogP contribution in [0.4, 0.5) is 8.78 Å². The molecule has 2 aromatic rings. The van der Waals surface area contributed by atoms with E-state index in [0.717, 1.165) is 16.1 Å². The number of methoxy groups -OCH3 is 1. The van der Waals surface area contributed by atoms with Gasteiger partial charge in [0.25, 0.3) is 0 Å². The van der Waals surface area contributed by atoms with Crippen molar-refractivity contribution >= 4 is 15.9 Å². The third-order valence-electron chi connectivity index (χ3n) is 3.08. The summed E-state index contributed by atoms with van der Waals surface area (Å²) in [5.74, 6) is -0.999. The molecule has 5 heteroatoms. The van der Waals surface area contributed by atoms with Gasteiger partial charge < -0.3 is 10.5 Å². The maximum atomic E-state index is 13.6. The summed E-state index contributed by atoms with van der Waals surface area (Å²) in [6.07, 6.45) is 0.217. The summed E-state index contributed by atoms with van der Waals surface area (Å²) < 4.78 is 32.7. The van der Waals surface area contributed by atoms with E-state index < -0.39 is 17.7 Å². The van der Waals surface area contributed by atoms with E-state index in [0.29, 0.717) is 5.75 Å². The van der Waals surface area contributed by atoms with Gasteiger partial charge >= 0.3 is 0 Å². The van der Waals surface area contributed by atoms with Gasteiger partial charge in [0, 0.05) is 10.5 Å². The van der Waals surface area contributed by atoms with Crippen LogP contribution in [0, 0.1) is 11.6 Å². The van der Waals surface area contributed by atoms with Crippen LogP contribution in [-0.2, 0) is 6.42 Å². The second-order valence-electron chi connectivity index (χ2n) is 4.41. The summed E-state index contributed by atoms with van der Waals surface area (Å²) in [7, 11) is 1.57. The van der Waals surface area contributed by atoms with Crippen molar-refractivity contribution in [3.05, 3.63) is 63.6 Å². The number of benzene rings is 2. The van der Waals surface area contributed by atoms with Gasteiger partial charge in [-0.1, -0.05) is 34.1 Å². The van der Waals surface area contributed by atoms with Gasteiger partial charge in [0.15, 0.2) is 11.6 Å². The highest BCUT2D eigenvalue weighted by atomic mass is 79.9. The fourth-order valence-corrected chi connectivity index (χ4v) is 2.64. The molecule has 0 fully saturated rings. The fraction of sp³-hybridized carbons (Fsp3) is 0.200. The molecule has 0 amide bonds. The molecular weight excluding hydrogens is 328 g/mol. The quantitative estimate of drug-likeness (QED) is 0.912. The van der Waals surface area contributed by atoms with E-state index >= 15 is 0 Å². The Hall–Kier alpha value is -1.46. The topological polar surface area (TPSA) is 35.2 Å². The minimum Gasteiger partial charge on any atom is -0.497 e. The first-order chi connectivity index (χ1) is 9.52. The van der Waals surface area contributed by atoms with Crippen molar-refractivity contribution in [2.45, 2.75) is 12.5 Å². The van der Waals surface area contributed by atoms with Crippen molar-refractivity contribution in [1.29, 1.82) is 0 Å². The van der Waals surface area contributed by atoms with Gasteiger partial charge in [-0.25, -0.2) is 8.78 Å². The minimum atomic E-state index is -0.858. The third kappa shape index (κ3) is 3.16. The first-order valence-electron chi connectivity index (χ1n) is 6.05. The monoisotopic (exact) mass is 341 g/mol. The van der Waals surface area contributed by atoms with Crippen molar-refractivity contribution in [1.82, 2.24) is 0 Å². The van der Waals surface area contributed by atoms with E-state index in [1.807, 2.05) is 6.07 Å². The zero-order chi connectivity index (χ0) is 14.7. The van der Waals surface area contributed by atoms with E-state index in [-0.39, 0.29) is 12.0 Å². The largest absolute Gasteiger partial charge is 0.497 e. The highest BCUT2D eigenvalue weighted by Gasteiger charge is 2.15. The lowest BCUT2D eigenvalue weighted by molar-refractivity contribution is 0.414. The summed E-state index contributed by atoms with van der Waals surface area (Å²) in [6.45, 7) is 0. The first kappa shape index (κ1) is 14.9. The van der Waals surface area contributed by atoms with Crippen LogP contribution in [0.25, 0.3) is 0 Å². The molecular formula is C15H14BrF2NO. The molecule has 0 aliphatic heterocycles. The van der Waals surface area contributed by atoms with Crippen LogP contribution in [0.5, 0.6) is 5.75 Å². The molecule has 20 heavy (non-hydrogen) atoms. The smallest absolute Gasteiger partial charge is 0.162 e. The zero-order valence-corrected chi connectivity index (χ0v) is 12.5. The average Bonchev–Trinajstić information content (AvgIpc) is 2.43. The molecule has 2 N–H and O–H groups in total. The van der Waals surface area contributed by atoms with E-state index in [4.69, 9.17) is 10.5 Å². The van der Waals surface area contributed by atoms with Crippen LogP contribution in [0.15, 0.2) is 40.9 Å². The van der Waals surface area contributed by atoms with Crippen LogP contribution in [-0.4, -0.2) is 7.11 Å². The summed E-state index contributed by atoms with van der Waals surface area (Å²) in [6, 6.07) is 9.04. The molecule has 106 valence electrons. The standard InChI is InChI=1S/C15H14BrF2NO/c1-20-10-5-6-11(12(16)8-10)14(19)7-9-3-2-4-13(17)15(9)18/h2-6,8,14H,7,19H2,1H3. The lowest BCUT2D eigenvalue weighted by Crippen LogP contribution is -2.15. The van der Waals surface area contributed by atoms with Crippen molar-refractivity contribution in [2.24, 2.45) is 5.73 Å². The molecule has 0 aromatic heterocycles. The van der Waals surface area contributed by atoms with Crippen molar-refractivity contribution in [3.63, 3.8) is 0 Å². The van der Waals surface area contributed by atoms with Gasteiger partial charge in [-0.05, 0) is 35.7 Å². The molecule has 2 nitrogen and oxygen atoms in total. The van der Waals surface area contributed by atoms with E-state index in [9.17, 15) is 8.78 Å². The molecule has 0 bridgehead atoms. The van der Waals surface area contributed by atoms with E-state index in [1.54, 1.807) is 19.2 Å². The zero-order valence-electron chi connectivity index (χ0n) is 10.9. The molecule has 1 unspecified atom stereocenters. The Morgan fingerprint density at radius 1 is 1.25 bits per heavy atom. The molecule has 0 heterocycles. The Bertz CT molecular complexity index is 619. The van der Waals surface area contributed by atoms with Crippen LogP contribution >= 0.6 is 15.9 Å². The van der Waals surface area contributed by atoms with E-state index in [2.05, 4.69) is 15.9 Å². The number of ether oxygens (including phenoxy) is 1. The lowest BCUT2D eigenvalue weighted by Gasteiger charge is -2.15. The average molecular weight is 342 g/mol. The van der Waals surface area contributed by atoms with Gasteiger partial charge in [-0.3, -0.25) is 0 Å². The maximum absolute atomic E-state index is 13.6. The second kappa shape index (κ2) is 6.33. The van der Waals surface area contributed by atoms with Crippen LogP contribution in [0.1, 0.15) is 17.2 Å². The molecule has 0 saturated carbocycles. The Morgan fingerprint density at radius 3 is 2.65 bits per heavy atom. The van der Waals surface area contributed by atoms with Gasteiger partial charge in [0.05, 0.1) is 7.11 Å².